The fourth-order valence-electron chi connectivity index (χ4n) is 2.05. The summed E-state index contributed by atoms with van der Waals surface area (Å²) >= 11 is 15.6. The maximum absolute atomic E-state index is 14.2. The highest BCUT2D eigenvalue weighted by molar-refractivity contribution is 9.10. The van der Waals surface area contributed by atoms with E-state index in [4.69, 9.17) is 27.9 Å². The topological polar surface area (TPSA) is 9.23 Å². The fourth-order valence-corrected chi connectivity index (χ4v) is 3.41. The summed E-state index contributed by atoms with van der Waals surface area (Å²) in [5.41, 5.74) is 0.489. The molecule has 0 fully saturated rings. The van der Waals surface area contributed by atoms with Gasteiger partial charge in [0.2, 0.25) is 0 Å². The molecule has 1 atom stereocenters. The van der Waals surface area contributed by atoms with Crippen molar-refractivity contribution in [3.05, 3.63) is 62.1 Å². The van der Waals surface area contributed by atoms with Gasteiger partial charge in [0.15, 0.2) is 0 Å². The molecule has 0 spiro atoms. The minimum Gasteiger partial charge on any atom is -0.495 e. The molecule has 0 heterocycles. The monoisotopic (exact) mass is 394 g/mol. The Balaban J connectivity index is 2.66. The fraction of sp³-hybridized carbons (Fsp3) is 0.200. The van der Waals surface area contributed by atoms with Crippen LogP contribution in [0.2, 0.25) is 5.02 Å². The highest BCUT2D eigenvalue weighted by Crippen LogP contribution is 2.42. The molecule has 6 heteroatoms. The maximum atomic E-state index is 14.2. The van der Waals surface area contributed by atoms with E-state index < -0.39 is 17.0 Å². The van der Waals surface area contributed by atoms with Crippen LogP contribution >= 0.6 is 39.1 Å². The minimum absolute atomic E-state index is 0.218. The van der Waals surface area contributed by atoms with Gasteiger partial charge in [-0.1, -0.05) is 17.7 Å². The summed E-state index contributed by atoms with van der Waals surface area (Å²) in [6.07, 6.45) is 0. The quantitative estimate of drug-likeness (QED) is 0.577. The van der Waals surface area contributed by atoms with E-state index in [0.717, 1.165) is 0 Å². The number of rotatable bonds is 3. The van der Waals surface area contributed by atoms with Crippen molar-refractivity contribution in [2.24, 2.45) is 0 Å². The van der Waals surface area contributed by atoms with Crippen molar-refractivity contribution >= 4 is 39.1 Å². The van der Waals surface area contributed by atoms with Crippen molar-refractivity contribution in [3.63, 3.8) is 0 Å². The first-order valence-corrected chi connectivity index (χ1v) is 7.59. The molecule has 0 aliphatic carbocycles. The third kappa shape index (κ3) is 3.17. The third-order valence-electron chi connectivity index (χ3n) is 3.09. The van der Waals surface area contributed by atoms with E-state index in [9.17, 15) is 8.78 Å². The Labute approximate surface area is 140 Å². The molecule has 0 amide bonds. The summed E-state index contributed by atoms with van der Waals surface area (Å²) in [7, 11) is 1.45. The van der Waals surface area contributed by atoms with E-state index in [2.05, 4.69) is 15.9 Å². The molecule has 0 aromatic heterocycles. The molecule has 0 aliphatic heterocycles. The SMILES string of the molecule is COc1c(Br)cc(Cl)cc1C(Cl)c1c(F)ccc(C)c1F. The lowest BCUT2D eigenvalue weighted by Crippen LogP contribution is -2.05. The van der Waals surface area contributed by atoms with Gasteiger partial charge in [-0.05, 0) is 46.6 Å². The van der Waals surface area contributed by atoms with Gasteiger partial charge in [0.25, 0.3) is 0 Å². The number of benzene rings is 2. The van der Waals surface area contributed by atoms with Crippen LogP contribution in [0.1, 0.15) is 22.1 Å². The van der Waals surface area contributed by atoms with E-state index in [1.165, 1.54) is 25.3 Å². The van der Waals surface area contributed by atoms with Crippen LogP contribution < -0.4 is 4.74 Å². The lowest BCUT2D eigenvalue weighted by molar-refractivity contribution is 0.407. The van der Waals surface area contributed by atoms with Crippen molar-refractivity contribution in [3.8, 4) is 5.75 Å². The lowest BCUT2D eigenvalue weighted by Gasteiger charge is -2.18. The van der Waals surface area contributed by atoms with Gasteiger partial charge >= 0.3 is 0 Å². The molecule has 0 saturated carbocycles. The molecular weight excluding hydrogens is 385 g/mol. The average Bonchev–Trinajstić information content (AvgIpc) is 2.42. The van der Waals surface area contributed by atoms with Crippen molar-refractivity contribution in [2.45, 2.75) is 12.3 Å². The molecule has 1 unspecified atom stereocenters. The summed E-state index contributed by atoms with van der Waals surface area (Å²) in [5, 5.41) is -0.674. The zero-order chi connectivity index (χ0) is 15.7. The molecule has 112 valence electrons. The van der Waals surface area contributed by atoms with Gasteiger partial charge in [-0.15, -0.1) is 11.6 Å². The second-order valence-corrected chi connectivity index (χ2v) is 6.19. The van der Waals surface area contributed by atoms with Gasteiger partial charge in [-0.3, -0.25) is 0 Å². The largest absolute Gasteiger partial charge is 0.495 e. The standard InChI is InChI=1S/C15H11BrCl2F2O/c1-7-3-4-11(19)12(14(7)20)13(18)9-5-8(17)6-10(16)15(9)21-2/h3-6,13H,1-2H3. The number of alkyl halides is 1. The van der Waals surface area contributed by atoms with Crippen molar-refractivity contribution in [1.29, 1.82) is 0 Å². The number of aryl methyl sites for hydroxylation is 1. The van der Waals surface area contributed by atoms with E-state index in [1.807, 2.05) is 0 Å². The molecule has 0 radical (unpaired) electrons. The Morgan fingerprint density at radius 2 is 1.90 bits per heavy atom. The Hall–Kier alpha value is -0.840. The molecule has 0 saturated heterocycles. The van der Waals surface area contributed by atoms with Gasteiger partial charge in [-0.2, -0.15) is 0 Å². The lowest BCUT2D eigenvalue weighted by atomic mass is 10.00. The van der Waals surface area contributed by atoms with E-state index in [1.54, 1.807) is 13.0 Å². The second kappa shape index (κ2) is 6.51. The predicted octanol–water partition coefficient (Wildman–Crippen LogP) is 6.03. The normalized spacial score (nSPS) is 12.3. The van der Waals surface area contributed by atoms with Crippen LogP contribution in [-0.2, 0) is 0 Å². The first-order valence-electron chi connectivity index (χ1n) is 5.98. The van der Waals surface area contributed by atoms with Gasteiger partial charge in [0, 0.05) is 16.1 Å². The highest BCUT2D eigenvalue weighted by atomic mass is 79.9. The molecule has 0 bridgehead atoms. The Kier molecular flexibility index (Phi) is 5.12. The van der Waals surface area contributed by atoms with Gasteiger partial charge < -0.3 is 4.74 Å². The molecule has 0 aliphatic rings. The Bertz CT molecular complexity index is 692. The van der Waals surface area contributed by atoms with Crippen LogP contribution in [0.4, 0.5) is 8.78 Å². The summed E-state index contributed by atoms with van der Waals surface area (Å²) in [5.74, 6) is -0.996. The zero-order valence-corrected chi connectivity index (χ0v) is 14.3. The van der Waals surface area contributed by atoms with Crippen LogP contribution in [-0.4, -0.2) is 7.11 Å². The van der Waals surface area contributed by atoms with Gasteiger partial charge in [0.1, 0.15) is 17.4 Å². The van der Waals surface area contributed by atoms with Crippen molar-refractivity contribution in [1.82, 2.24) is 0 Å². The van der Waals surface area contributed by atoms with E-state index >= 15 is 0 Å². The first-order chi connectivity index (χ1) is 9.86. The smallest absolute Gasteiger partial charge is 0.138 e. The first kappa shape index (κ1) is 16.5. The number of halogens is 5. The van der Waals surface area contributed by atoms with Crippen LogP contribution in [0.15, 0.2) is 28.7 Å². The highest BCUT2D eigenvalue weighted by Gasteiger charge is 2.25. The summed E-state index contributed by atoms with van der Waals surface area (Å²) in [6.45, 7) is 1.55. The zero-order valence-electron chi connectivity index (χ0n) is 11.2. The number of hydrogen-bond donors (Lipinski definition) is 0. The minimum atomic E-state index is -1.06. The summed E-state index contributed by atoms with van der Waals surface area (Å²) < 4.78 is 34.0. The van der Waals surface area contributed by atoms with Crippen LogP contribution in [0.5, 0.6) is 5.75 Å². The van der Waals surface area contributed by atoms with Crippen molar-refractivity contribution < 1.29 is 13.5 Å². The van der Waals surface area contributed by atoms with Crippen LogP contribution in [0.25, 0.3) is 0 Å². The van der Waals surface area contributed by atoms with Gasteiger partial charge in [0.05, 0.1) is 17.0 Å². The number of ether oxygens (including phenoxy) is 1. The Morgan fingerprint density at radius 1 is 1.24 bits per heavy atom. The van der Waals surface area contributed by atoms with Crippen molar-refractivity contribution in [2.75, 3.05) is 7.11 Å². The van der Waals surface area contributed by atoms with Crippen LogP contribution in [0.3, 0.4) is 0 Å². The maximum Gasteiger partial charge on any atom is 0.138 e. The average molecular weight is 396 g/mol. The number of methoxy groups -OCH3 is 1. The summed E-state index contributed by atoms with van der Waals surface area (Å²) in [6, 6.07) is 5.71. The van der Waals surface area contributed by atoms with Gasteiger partial charge in [-0.25, -0.2) is 8.78 Å². The van der Waals surface area contributed by atoms with Crippen LogP contribution in [0, 0.1) is 18.6 Å². The molecule has 21 heavy (non-hydrogen) atoms. The molecule has 1 nitrogen and oxygen atoms in total. The molecular formula is C15H11BrCl2F2O. The Morgan fingerprint density at radius 3 is 2.52 bits per heavy atom. The third-order valence-corrected chi connectivity index (χ3v) is 4.35. The molecule has 2 aromatic carbocycles. The molecule has 2 rings (SSSR count). The predicted molar refractivity (Wildman–Crippen MR) is 84.5 cm³/mol. The molecule has 0 N–H and O–H groups in total. The second-order valence-electron chi connectivity index (χ2n) is 4.46. The number of hydrogen-bond acceptors (Lipinski definition) is 1. The molecule has 2 aromatic rings. The summed E-state index contributed by atoms with van der Waals surface area (Å²) in [4.78, 5) is 0. The van der Waals surface area contributed by atoms with E-state index in [-0.39, 0.29) is 5.56 Å². The van der Waals surface area contributed by atoms with E-state index in [0.29, 0.717) is 26.4 Å².